The molecule has 2 nitrogen and oxygen atoms in total. The Morgan fingerprint density at radius 2 is 2.08 bits per heavy atom. The van der Waals surface area contributed by atoms with E-state index in [1.807, 2.05) is 23.6 Å². The molecule has 0 saturated carbocycles. The highest BCUT2D eigenvalue weighted by molar-refractivity contribution is 7.18. The summed E-state index contributed by atoms with van der Waals surface area (Å²) in [5.41, 5.74) is 8.23. The number of benzene rings is 1. The van der Waals surface area contributed by atoms with E-state index in [9.17, 15) is 0 Å². The minimum Gasteiger partial charge on any atom is -0.453 e. The van der Waals surface area contributed by atoms with Gasteiger partial charge in [-0.15, -0.1) is 11.3 Å². The summed E-state index contributed by atoms with van der Waals surface area (Å²) in [5, 5.41) is 3.07. The molecule has 0 unspecified atom stereocenters. The quantitative estimate of drug-likeness (QED) is 0.589. The summed E-state index contributed by atoms with van der Waals surface area (Å²) in [6.07, 6.45) is 0. The molecular formula is C10H7NOS. The normalized spacial score (nSPS) is 11.4. The molecule has 3 rings (SSSR count). The molecule has 2 N–H and O–H groups in total. The van der Waals surface area contributed by atoms with Gasteiger partial charge in [-0.1, -0.05) is 12.1 Å². The minimum atomic E-state index is 0.733. The minimum absolute atomic E-state index is 0.733. The molecule has 0 aliphatic heterocycles. The first-order chi connectivity index (χ1) is 6.36. The van der Waals surface area contributed by atoms with Crippen molar-refractivity contribution >= 4 is 38.3 Å². The van der Waals surface area contributed by atoms with Gasteiger partial charge >= 0.3 is 0 Å². The lowest BCUT2D eigenvalue weighted by atomic mass is 10.2. The van der Waals surface area contributed by atoms with Crippen LogP contribution < -0.4 is 5.73 Å². The summed E-state index contributed by atoms with van der Waals surface area (Å²) in [6, 6.07) is 7.98. The molecule has 13 heavy (non-hydrogen) atoms. The van der Waals surface area contributed by atoms with E-state index in [-0.39, 0.29) is 0 Å². The second-order valence-corrected chi connectivity index (χ2v) is 3.83. The molecule has 0 aliphatic rings. The number of thiophene rings is 1. The zero-order valence-electron chi connectivity index (χ0n) is 6.78. The first-order valence-corrected chi connectivity index (χ1v) is 4.88. The maximum absolute atomic E-state index is 5.76. The van der Waals surface area contributed by atoms with Crippen molar-refractivity contribution in [1.82, 2.24) is 0 Å². The van der Waals surface area contributed by atoms with E-state index < -0.39 is 0 Å². The number of rotatable bonds is 0. The van der Waals surface area contributed by atoms with Crippen LogP contribution in [0.1, 0.15) is 0 Å². The summed E-state index contributed by atoms with van der Waals surface area (Å²) in [6.45, 7) is 0. The third-order valence-corrected chi connectivity index (χ3v) is 3.13. The highest BCUT2D eigenvalue weighted by Gasteiger charge is 2.09. The van der Waals surface area contributed by atoms with Crippen LogP contribution in [0, 0.1) is 0 Å². The Bertz CT molecular complexity index is 579. The Morgan fingerprint density at radius 3 is 3.00 bits per heavy atom. The molecule has 0 amide bonds. The molecule has 0 fully saturated rings. The van der Waals surface area contributed by atoms with E-state index in [2.05, 4.69) is 6.07 Å². The molecule has 0 aliphatic carbocycles. The Labute approximate surface area is 78.6 Å². The number of anilines is 1. The topological polar surface area (TPSA) is 39.2 Å². The van der Waals surface area contributed by atoms with Crippen molar-refractivity contribution in [2.24, 2.45) is 0 Å². The summed E-state index contributed by atoms with van der Waals surface area (Å²) in [7, 11) is 0. The third-order valence-electron chi connectivity index (χ3n) is 2.12. The van der Waals surface area contributed by atoms with Gasteiger partial charge in [0.05, 0.1) is 10.4 Å². The van der Waals surface area contributed by atoms with Gasteiger partial charge in [0.1, 0.15) is 5.58 Å². The third kappa shape index (κ3) is 0.820. The second kappa shape index (κ2) is 2.26. The lowest BCUT2D eigenvalue weighted by Crippen LogP contribution is -1.77. The lowest BCUT2D eigenvalue weighted by molar-refractivity contribution is 0.671. The molecule has 3 aromatic rings. The SMILES string of the molecule is Nc1csc2c1oc1ccccc12. The second-order valence-electron chi connectivity index (χ2n) is 2.95. The number of hydrogen-bond donors (Lipinski definition) is 1. The van der Waals surface area contributed by atoms with Crippen molar-refractivity contribution in [2.45, 2.75) is 0 Å². The largest absolute Gasteiger partial charge is 0.453 e. The van der Waals surface area contributed by atoms with E-state index in [1.54, 1.807) is 11.3 Å². The van der Waals surface area contributed by atoms with Crippen LogP contribution in [-0.4, -0.2) is 0 Å². The Balaban J connectivity index is 2.64. The number of furan rings is 1. The lowest BCUT2D eigenvalue weighted by Gasteiger charge is -1.84. The van der Waals surface area contributed by atoms with E-state index in [4.69, 9.17) is 10.2 Å². The van der Waals surface area contributed by atoms with Crippen LogP contribution in [0.4, 0.5) is 5.69 Å². The van der Waals surface area contributed by atoms with E-state index in [0.717, 1.165) is 26.9 Å². The van der Waals surface area contributed by atoms with Crippen LogP contribution in [0.15, 0.2) is 34.1 Å². The van der Waals surface area contributed by atoms with E-state index in [1.165, 1.54) is 0 Å². The number of nitrogen functional groups attached to an aromatic ring is 1. The first-order valence-electron chi connectivity index (χ1n) is 4.00. The average Bonchev–Trinajstić information content (AvgIpc) is 2.67. The van der Waals surface area contributed by atoms with Gasteiger partial charge in [-0.2, -0.15) is 0 Å². The number of fused-ring (bicyclic) bond motifs is 3. The molecular weight excluding hydrogens is 182 g/mol. The number of hydrogen-bond acceptors (Lipinski definition) is 3. The summed E-state index contributed by atoms with van der Waals surface area (Å²) >= 11 is 1.63. The Hall–Kier alpha value is -1.48. The summed E-state index contributed by atoms with van der Waals surface area (Å²) in [5.74, 6) is 0. The first kappa shape index (κ1) is 6.97. The van der Waals surface area contributed by atoms with Gasteiger partial charge in [0.2, 0.25) is 0 Å². The van der Waals surface area contributed by atoms with Crippen molar-refractivity contribution in [2.75, 3.05) is 5.73 Å². The smallest absolute Gasteiger partial charge is 0.169 e. The van der Waals surface area contributed by atoms with Crippen LogP contribution in [0.25, 0.3) is 21.3 Å². The standard InChI is InChI=1S/C10H7NOS/c11-7-5-13-10-6-3-1-2-4-8(6)12-9(7)10/h1-5H,11H2. The summed E-state index contributed by atoms with van der Waals surface area (Å²) in [4.78, 5) is 0. The van der Waals surface area contributed by atoms with Crippen LogP contribution in [-0.2, 0) is 0 Å². The van der Waals surface area contributed by atoms with Gasteiger partial charge in [-0.05, 0) is 12.1 Å². The molecule has 2 heterocycles. The van der Waals surface area contributed by atoms with Crippen LogP contribution >= 0.6 is 11.3 Å². The highest BCUT2D eigenvalue weighted by atomic mass is 32.1. The van der Waals surface area contributed by atoms with Gasteiger partial charge in [-0.3, -0.25) is 0 Å². The highest BCUT2D eigenvalue weighted by Crippen LogP contribution is 2.36. The van der Waals surface area contributed by atoms with Crippen molar-refractivity contribution in [3.8, 4) is 0 Å². The number of nitrogens with two attached hydrogens (primary N) is 1. The maximum Gasteiger partial charge on any atom is 0.169 e. The van der Waals surface area contributed by atoms with Gasteiger partial charge in [0.15, 0.2) is 5.58 Å². The predicted molar refractivity (Wildman–Crippen MR) is 56.0 cm³/mol. The molecule has 0 spiro atoms. The van der Waals surface area contributed by atoms with Crippen molar-refractivity contribution in [1.29, 1.82) is 0 Å². The molecule has 0 saturated heterocycles. The number of para-hydroxylation sites is 1. The van der Waals surface area contributed by atoms with Crippen molar-refractivity contribution in [3.63, 3.8) is 0 Å². The van der Waals surface area contributed by atoms with Gasteiger partial charge in [-0.25, -0.2) is 0 Å². The molecule has 3 heteroatoms. The van der Waals surface area contributed by atoms with Crippen LogP contribution in [0.2, 0.25) is 0 Å². The van der Waals surface area contributed by atoms with Crippen LogP contribution in [0.5, 0.6) is 0 Å². The summed E-state index contributed by atoms with van der Waals surface area (Å²) < 4.78 is 6.76. The monoisotopic (exact) mass is 189 g/mol. The predicted octanol–water partition coefficient (Wildman–Crippen LogP) is 3.23. The van der Waals surface area contributed by atoms with Gasteiger partial charge < -0.3 is 10.2 Å². The zero-order valence-corrected chi connectivity index (χ0v) is 7.60. The fourth-order valence-corrected chi connectivity index (χ4v) is 2.42. The molecule has 2 aromatic heterocycles. The Kier molecular flexibility index (Phi) is 1.21. The van der Waals surface area contributed by atoms with E-state index >= 15 is 0 Å². The van der Waals surface area contributed by atoms with Crippen molar-refractivity contribution in [3.05, 3.63) is 29.6 Å². The average molecular weight is 189 g/mol. The van der Waals surface area contributed by atoms with Gasteiger partial charge in [0.25, 0.3) is 0 Å². The maximum atomic E-state index is 5.76. The Morgan fingerprint density at radius 1 is 1.23 bits per heavy atom. The fourth-order valence-electron chi connectivity index (χ4n) is 1.50. The van der Waals surface area contributed by atoms with E-state index in [0.29, 0.717) is 0 Å². The molecule has 0 bridgehead atoms. The van der Waals surface area contributed by atoms with Crippen molar-refractivity contribution < 1.29 is 4.42 Å². The van der Waals surface area contributed by atoms with Gasteiger partial charge in [0, 0.05) is 10.8 Å². The fraction of sp³-hybridized carbons (Fsp3) is 0. The molecule has 0 atom stereocenters. The molecule has 1 aromatic carbocycles. The molecule has 64 valence electrons. The molecule has 0 radical (unpaired) electrons. The van der Waals surface area contributed by atoms with Crippen LogP contribution in [0.3, 0.4) is 0 Å². The zero-order chi connectivity index (χ0) is 8.84.